The molecule has 1 heterocycles. The molecule has 0 saturated carbocycles. The number of carbonyl (C=O) groups excluding carboxylic acids is 1. The van der Waals surface area contributed by atoms with Crippen molar-refractivity contribution in [2.24, 2.45) is 23.3 Å². The second kappa shape index (κ2) is 31.2. The van der Waals surface area contributed by atoms with Crippen molar-refractivity contribution in [3.63, 3.8) is 0 Å². The molecule has 3 atom stereocenters. The number of benzene rings is 2. The van der Waals surface area contributed by atoms with E-state index in [1.165, 1.54) is 49.3 Å². The highest BCUT2D eigenvalue weighted by Crippen LogP contribution is 2.18. The summed E-state index contributed by atoms with van der Waals surface area (Å²) in [6, 6.07) is 19.3. The summed E-state index contributed by atoms with van der Waals surface area (Å²) >= 11 is 0. The minimum absolute atomic E-state index is 0.000508. The monoisotopic (exact) mass is 705 g/mol. The Balaban J connectivity index is 0. The summed E-state index contributed by atoms with van der Waals surface area (Å²) in [5.74, 6) is 2.58. The predicted molar refractivity (Wildman–Crippen MR) is 225 cm³/mol. The van der Waals surface area contributed by atoms with Crippen LogP contribution in [0.2, 0.25) is 0 Å². The third kappa shape index (κ3) is 25.1. The normalized spacial score (nSPS) is 12.3. The van der Waals surface area contributed by atoms with Gasteiger partial charge in [-0.2, -0.15) is 0 Å². The third-order valence-electron chi connectivity index (χ3n) is 8.34. The molecular weight excluding hydrogens is 629 g/mol. The van der Waals surface area contributed by atoms with Gasteiger partial charge in [-0.1, -0.05) is 141 Å². The maximum atomic E-state index is 11.0. The van der Waals surface area contributed by atoms with Crippen LogP contribution in [0, 0.1) is 25.7 Å². The number of anilines is 1. The lowest BCUT2D eigenvalue weighted by molar-refractivity contribution is 0.101. The molecule has 0 radical (unpaired) electrons. The minimum Gasteiger partial charge on any atom is -0.401 e. The van der Waals surface area contributed by atoms with Gasteiger partial charge in [-0.15, -0.1) is 0 Å². The number of aryl methyl sites for hydroxylation is 2. The Labute approximate surface area is 314 Å². The van der Waals surface area contributed by atoms with Crippen molar-refractivity contribution in [1.82, 2.24) is 14.9 Å². The van der Waals surface area contributed by atoms with Gasteiger partial charge in [0.05, 0.1) is 11.3 Å². The highest BCUT2D eigenvalue weighted by atomic mass is 16.1. The molecule has 7 heteroatoms. The number of nitrogens with zero attached hydrogens (tertiary/aromatic N) is 3. The number of Topliss-reactive ketones (excluding diaryl/α,β-unsaturated/α-hetero) is 1. The maximum Gasteiger partial charge on any atom is 0.222 e. The fraction of sp³-hybridized carbons (Fsp3) is 0.568. The van der Waals surface area contributed by atoms with Crippen LogP contribution in [0.25, 0.3) is 0 Å². The number of hydrogen-bond donors (Lipinski definition) is 3. The standard InChI is InChI=1S/C15H25N3.C11H16.C9H13N3O.C7H16.C2H6/c1-13(11-16)10-15(17)12-18(2)9-8-14-6-4-3-5-7-14;1-4-10(3)11-7-5-6-9(2)8-11;1-4-10-9-11-5-8(7(3)13)6(2)12-9;1-4-6-7(3)5-2;1-2/h3-7,10,13H,8-9,11-12,16-17H2,1-2H3;5-8,10H,4H2,1-3H3;5H,4H2,1-3H3,(H,10,11,12);7H,4-6H2,1-3H3;1-2H3/b15-10-;;;;. The Morgan fingerprint density at radius 1 is 0.961 bits per heavy atom. The SMILES string of the molecule is CC.CC(/C=C(\N)CN(C)CCc1ccccc1)CN.CCC(C)c1cccc(C)c1.CCCC(C)CC.CCNc1ncc(C(C)=O)c(C)n1. The molecule has 0 fully saturated rings. The summed E-state index contributed by atoms with van der Waals surface area (Å²) < 4.78 is 0. The van der Waals surface area contributed by atoms with Gasteiger partial charge in [0, 0.05) is 31.5 Å². The number of carbonyl (C=O) groups is 1. The van der Waals surface area contributed by atoms with Crippen LogP contribution in [0.1, 0.15) is 134 Å². The first-order chi connectivity index (χ1) is 24.3. The third-order valence-corrected chi connectivity index (χ3v) is 8.34. The summed E-state index contributed by atoms with van der Waals surface area (Å²) in [6.45, 7) is 28.1. The first-order valence-corrected chi connectivity index (χ1v) is 19.3. The first kappa shape index (κ1) is 49.6. The van der Waals surface area contributed by atoms with Crippen LogP contribution in [-0.4, -0.2) is 53.9 Å². The second-order valence-electron chi connectivity index (χ2n) is 13.2. The summed E-state index contributed by atoms with van der Waals surface area (Å²) in [5, 5.41) is 2.98. The molecule has 0 aliphatic carbocycles. The summed E-state index contributed by atoms with van der Waals surface area (Å²) in [5.41, 5.74) is 18.0. The molecule has 1 aromatic heterocycles. The van der Waals surface area contributed by atoms with Crippen LogP contribution >= 0.6 is 0 Å². The summed E-state index contributed by atoms with van der Waals surface area (Å²) in [4.78, 5) is 21.4. The Hall–Kier alpha value is -3.55. The molecule has 288 valence electrons. The number of aromatic nitrogens is 2. The van der Waals surface area contributed by atoms with Crippen LogP contribution in [0.15, 0.2) is 72.6 Å². The van der Waals surface area contributed by atoms with E-state index in [9.17, 15) is 4.79 Å². The molecule has 7 nitrogen and oxygen atoms in total. The van der Waals surface area contributed by atoms with Crippen molar-refractivity contribution < 1.29 is 4.79 Å². The van der Waals surface area contributed by atoms with Crippen molar-refractivity contribution in [1.29, 1.82) is 0 Å². The fourth-order valence-electron chi connectivity index (χ4n) is 4.81. The Morgan fingerprint density at radius 3 is 2.08 bits per heavy atom. The van der Waals surface area contributed by atoms with Crippen molar-refractivity contribution in [3.05, 3.63) is 101 Å². The van der Waals surface area contributed by atoms with Crippen LogP contribution in [0.4, 0.5) is 5.95 Å². The molecule has 3 aromatic rings. The van der Waals surface area contributed by atoms with Gasteiger partial charge < -0.3 is 21.7 Å². The van der Waals surface area contributed by atoms with Crippen LogP contribution < -0.4 is 16.8 Å². The van der Waals surface area contributed by atoms with Crippen LogP contribution in [0.5, 0.6) is 0 Å². The number of nitrogens with one attached hydrogen (secondary N) is 1. The Bertz CT molecular complexity index is 1310. The molecule has 0 aliphatic heterocycles. The van der Waals surface area contributed by atoms with E-state index < -0.39 is 0 Å². The van der Waals surface area contributed by atoms with Crippen LogP contribution in [-0.2, 0) is 6.42 Å². The van der Waals surface area contributed by atoms with E-state index in [0.717, 1.165) is 43.4 Å². The number of likely N-dealkylation sites (N-methyl/N-ethyl adjacent to an activating group) is 1. The first-order valence-electron chi connectivity index (χ1n) is 19.3. The number of nitrogens with two attached hydrogens (primary N) is 2. The van der Waals surface area contributed by atoms with Gasteiger partial charge in [-0.05, 0) is 83.0 Å². The van der Waals surface area contributed by atoms with Crippen molar-refractivity contribution in [2.45, 2.75) is 121 Å². The zero-order valence-corrected chi connectivity index (χ0v) is 34.9. The molecule has 3 rings (SSSR count). The Morgan fingerprint density at radius 2 is 1.61 bits per heavy atom. The van der Waals surface area contributed by atoms with Gasteiger partial charge in [0.25, 0.3) is 0 Å². The molecule has 0 bridgehead atoms. The molecule has 2 aromatic carbocycles. The van der Waals surface area contributed by atoms with Gasteiger partial charge >= 0.3 is 0 Å². The smallest absolute Gasteiger partial charge is 0.222 e. The lowest BCUT2D eigenvalue weighted by atomic mass is 9.97. The van der Waals surface area contributed by atoms with E-state index in [1.807, 2.05) is 26.8 Å². The van der Waals surface area contributed by atoms with E-state index in [4.69, 9.17) is 11.5 Å². The average molecular weight is 705 g/mol. The van der Waals surface area contributed by atoms with Crippen LogP contribution in [0.3, 0.4) is 0 Å². The van der Waals surface area contributed by atoms with Crippen molar-refractivity contribution >= 4 is 11.7 Å². The van der Waals surface area contributed by atoms with E-state index in [2.05, 4.69) is 130 Å². The number of rotatable bonds is 15. The second-order valence-corrected chi connectivity index (χ2v) is 13.2. The van der Waals surface area contributed by atoms with Gasteiger partial charge in [0.2, 0.25) is 5.95 Å². The van der Waals surface area contributed by atoms with E-state index in [1.54, 1.807) is 13.1 Å². The highest BCUT2D eigenvalue weighted by Gasteiger charge is 2.06. The van der Waals surface area contributed by atoms with Gasteiger partial charge in [-0.3, -0.25) is 4.79 Å². The number of ketones is 1. The molecule has 0 spiro atoms. The molecule has 51 heavy (non-hydrogen) atoms. The molecule has 5 N–H and O–H groups in total. The molecule has 3 unspecified atom stereocenters. The van der Waals surface area contributed by atoms with E-state index in [0.29, 0.717) is 29.9 Å². The lowest BCUT2D eigenvalue weighted by Crippen LogP contribution is -2.27. The largest absolute Gasteiger partial charge is 0.401 e. The lowest BCUT2D eigenvalue weighted by Gasteiger charge is -2.17. The quantitative estimate of drug-likeness (QED) is 0.135. The van der Waals surface area contributed by atoms with Crippen molar-refractivity contribution in [3.8, 4) is 0 Å². The zero-order chi connectivity index (χ0) is 39.2. The van der Waals surface area contributed by atoms with Gasteiger partial charge in [0.1, 0.15) is 0 Å². The highest BCUT2D eigenvalue weighted by molar-refractivity contribution is 5.94. The average Bonchev–Trinajstić information content (AvgIpc) is 3.12. The molecular formula is C44H76N6O. The molecule has 0 amide bonds. The predicted octanol–water partition coefficient (Wildman–Crippen LogP) is 10.4. The van der Waals surface area contributed by atoms with Crippen molar-refractivity contribution in [2.75, 3.05) is 38.5 Å². The number of hydrogen-bond acceptors (Lipinski definition) is 7. The Kier molecular flexibility index (Phi) is 30.3. The maximum absolute atomic E-state index is 11.0. The van der Waals surface area contributed by atoms with Gasteiger partial charge in [-0.25, -0.2) is 9.97 Å². The summed E-state index contributed by atoms with van der Waals surface area (Å²) in [7, 11) is 2.09. The summed E-state index contributed by atoms with van der Waals surface area (Å²) in [6.07, 6.45) is 9.97. The minimum atomic E-state index is 0.000508. The molecule has 0 saturated heterocycles. The fourth-order valence-corrected chi connectivity index (χ4v) is 4.81. The topological polar surface area (TPSA) is 110 Å². The van der Waals surface area contributed by atoms with E-state index in [-0.39, 0.29) is 5.78 Å². The van der Waals surface area contributed by atoms with E-state index >= 15 is 0 Å². The van der Waals surface area contributed by atoms with Gasteiger partial charge in [0.15, 0.2) is 5.78 Å². The zero-order valence-electron chi connectivity index (χ0n) is 34.9. The molecule has 0 aliphatic rings.